The van der Waals surface area contributed by atoms with Gasteiger partial charge in [-0.05, 0) is 18.6 Å². The van der Waals surface area contributed by atoms with E-state index in [0.29, 0.717) is 0 Å². The molecule has 0 heterocycles. The molecular weight excluding hydrogens is 220 g/mol. The Balaban J connectivity index is 2.62. The van der Waals surface area contributed by atoms with Crippen LogP contribution in [-0.4, -0.2) is 28.2 Å². The van der Waals surface area contributed by atoms with Crippen molar-refractivity contribution >= 4 is 11.8 Å². The van der Waals surface area contributed by atoms with Gasteiger partial charge in [0.05, 0.1) is 6.10 Å². The minimum absolute atomic E-state index is 0.0347. The summed E-state index contributed by atoms with van der Waals surface area (Å²) < 4.78 is 0. The van der Waals surface area contributed by atoms with Gasteiger partial charge in [0.15, 0.2) is 0 Å². The van der Waals surface area contributed by atoms with Crippen molar-refractivity contribution in [3.8, 4) is 0 Å². The Morgan fingerprint density at radius 1 is 1.25 bits per heavy atom. The standard InChI is InChI=1S/C13H20O2S/c1-3-12(13(15)10(2)9-14)16-11-7-5-4-6-8-11/h4-8,10,12-15H,3,9H2,1-2H3/t10-,12-,13+/m0/s1. The number of rotatable bonds is 6. The van der Waals surface area contributed by atoms with Crippen LogP contribution in [0.2, 0.25) is 0 Å². The second-order valence-electron chi connectivity index (χ2n) is 4.03. The maximum atomic E-state index is 10.1. The van der Waals surface area contributed by atoms with Crippen molar-refractivity contribution in [2.45, 2.75) is 36.5 Å². The van der Waals surface area contributed by atoms with Crippen LogP contribution in [0.4, 0.5) is 0 Å². The second kappa shape index (κ2) is 6.94. The SMILES string of the molecule is CC[C@H](Sc1ccccc1)[C@H](O)[C@@H](C)CO. The van der Waals surface area contributed by atoms with Crippen molar-refractivity contribution in [2.24, 2.45) is 5.92 Å². The normalized spacial score (nSPS) is 16.8. The molecule has 0 saturated heterocycles. The summed E-state index contributed by atoms with van der Waals surface area (Å²) in [5, 5.41) is 19.2. The van der Waals surface area contributed by atoms with Crippen molar-refractivity contribution in [2.75, 3.05) is 6.61 Å². The molecule has 0 aromatic heterocycles. The molecule has 1 rings (SSSR count). The van der Waals surface area contributed by atoms with E-state index in [2.05, 4.69) is 6.92 Å². The lowest BCUT2D eigenvalue weighted by Gasteiger charge is -2.25. The van der Waals surface area contributed by atoms with E-state index in [0.717, 1.165) is 6.42 Å². The van der Waals surface area contributed by atoms with Crippen LogP contribution in [0, 0.1) is 5.92 Å². The van der Waals surface area contributed by atoms with Crippen molar-refractivity contribution in [3.05, 3.63) is 30.3 Å². The van der Waals surface area contributed by atoms with Crippen LogP contribution in [0.15, 0.2) is 35.2 Å². The van der Waals surface area contributed by atoms with Crippen molar-refractivity contribution in [1.82, 2.24) is 0 Å². The Bertz CT molecular complexity index is 289. The smallest absolute Gasteiger partial charge is 0.0709 e. The molecule has 0 unspecified atom stereocenters. The quantitative estimate of drug-likeness (QED) is 0.751. The van der Waals surface area contributed by atoms with E-state index in [9.17, 15) is 5.11 Å². The monoisotopic (exact) mass is 240 g/mol. The fourth-order valence-corrected chi connectivity index (χ4v) is 2.78. The zero-order valence-corrected chi connectivity index (χ0v) is 10.7. The van der Waals surface area contributed by atoms with Gasteiger partial charge in [-0.15, -0.1) is 11.8 Å². The highest BCUT2D eigenvalue weighted by atomic mass is 32.2. The van der Waals surface area contributed by atoms with Crippen LogP contribution in [-0.2, 0) is 0 Å². The second-order valence-corrected chi connectivity index (χ2v) is 5.34. The third kappa shape index (κ3) is 3.81. The average molecular weight is 240 g/mol. The first-order valence-corrected chi connectivity index (χ1v) is 6.57. The average Bonchev–Trinajstić information content (AvgIpc) is 2.35. The summed E-state index contributed by atoms with van der Waals surface area (Å²) in [7, 11) is 0. The number of hydrogen-bond donors (Lipinski definition) is 2. The predicted molar refractivity (Wildman–Crippen MR) is 68.6 cm³/mol. The van der Waals surface area contributed by atoms with E-state index in [1.807, 2.05) is 37.3 Å². The van der Waals surface area contributed by atoms with Crippen LogP contribution in [0.5, 0.6) is 0 Å². The summed E-state index contributed by atoms with van der Waals surface area (Å²) in [6.07, 6.45) is 0.436. The van der Waals surface area contributed by atoms with E-state index in [4.69, 9.17) is 5.11 Å². The number of hydrogen-bond acceptors (Lipinski definition) is 3. The molecule has 1 aromatic carbocycles. The van der Waals surface area contributed by atoms with Gasteiger partial charge in [-0.1, -0.05) is 32.0 Å². The van der Waals surface area contributed by atoms with Gasteiger partial charge in [0, 0.05) is 22.7 Å². The molecule has 0 aliphatic carbocycles. The van der Waals surface area contributed by atoms with Crippen molar-refractivity contribution < 1.29 is 10.2 Å². The Morgan fingerprint density at radius 2 is 1.88 bits per heavy atom. The van der Waals surface area contributed by atoms with E-state index >= 15 is 0 Å². The van der Waals surface area contributed by atoms with Crippen LogP contribution >= 0.6 is 11.8 Å². The van der Waals surface area contributed by atoms with Gasteiger partial charge in [-0.3, -0.25) is 0 Å². The summed E-state index contributed by atoms with van der Waals surface area (Å²) in [4.78, 5) is 1.17. The third-order valence-corrected chi connectivity index (χ3v) is 4.14. The maximum absolute atomic E-state index is 10.1. The molecule has 1 aromatic rings. The molecule has 16 heavy (non-hydrogen) atoms. The molecule has 2 N–H and O–H groups in total. The highest BCUT2D eigenvalue weighted by molar-refractivity contribution is 8.00. The van der Waals surface area contributed by atoms with Gasteiger partial charge in [0.25, 0.3) is 0 Å². The van der Waals surface area contributed by atoms with Gasteiger partial charge in [0.2, 0.25) is 0 Å². The Hall–Kier alpha value is -0.510. The Labute approximate surface area is 102 Å². The number of benzene rings is 1. The minimum atomic E-state index is -0.458. The van der Waals surface area contributed by atoms with Gasteiger partial charge in [-0.2, -0.15) is 0 Å². The molecular formula is C13H20O2S. The van der Waals surface area contributed by atoms with Crippen LogP contribution < -0.4 is 0 Å². The molecule has 0 bridgehead atoms. The fraction of sp³-hybridized carbons (Fsp3) is 0.538. The minimum Gasteiger partial charge on any atom is -0.396 e. The van der Waals surface area contributed by atoms with Crippen LogP contribution in [0.3, 0.4) is 0 Å². The van der Waals surface area contributed by atoms with E-state index < -0.39 is 6.10 Å². The van der Waals surface area contributed by atoms with Gasteiger partial charge in [-0.25, -0.2) is 0 Å². The van der Waals surface area contributed by atoms with Gasteiger partial charge >= 0.3 is 0 Å². The first-order valence-electron chi connectivity index (χ1n) is 5.69. The zero-order chi connectivity index (χ0) is 12.0. The topological polar surface area (TPSA) is 40.5 Å². The molecule has 3 atom stereocenters. The summed E-state index contributed by atoms with van der Waals surface area (Å²) in [6.45, 7) is 3.97. The molecule has 90 valence electrons. The first kappa shape index (κ1) is 13.6. The molecule has 3 heteroatoms. The van der Waals surface area contributed by atoms with Crippen LogP contribution in [0.1, 0.15) is 20.3 Å². The van der Waals surface area contributed by atoms with Gasteiger partial charge < -0.3 is 10.2 Å². The summed E-state index contributed by atoms with van der Waals surface area (Å²) in [5.41, 5.74) is 0. The summed E-state index contributed by atoms with van der Waals surface area (Å²) in [6, 6.07) is 10.1. The maximum Gasteiger partial charge on any atom is 0.0709 e. The molecule has 0 spiro atoms. The number of aliphatic hydroxyl groups excluding tert-OH is 2. The third-order valence-electron chi connectivity index (χ3n) is 2.68. The van der Waals surface area contributed by atoms with Crippen LogP contribution in [0.25, 0.3) is 0 Å². The Morgan fingerprint density at radius 3 is 2.38 bits per heavy atom. The van der Waals surface area contributed by atoms with E-state index in [1.54, 1.807) is 11.8 Å². The zero-order valence-electron chi connectivity index (χ0n) is 9.84. The first-order chi connectivity index (χ1) is 7.69. The van der Waals surface area contributed by atoms with Crippen molar-refractivity contribution in [3.63, 3.8) is 0 Å². The fourth-order valence-electron chi connectivity index (χ4n) is 1.54. The highest BCUT2D eigenvalue weighted by Gasteiger charge is 2.23. The lowest BCUT2D eigenvalue weighted by Crippen LogP contribution is -2.31. The number of aliphatic hydroxyl groups is 2. The molecule has 0 radical (unpaired) electrons. The molecule has 0 aliphatic heterocycles. The highest BCUT2D eigenvalue weighted by Crippen LogP contribution is 2.29. The molecule has 0 amide bonds. The molecule has 0 aliphatic rings. The molecule has 2 nitrogen and oxygen atoms in total. The lowest BCUT2D eigenvalue weighted by atomic mass is 10.0. The summed E-state index contributed by atoms with van der Waals surface area (Å²) >= 11 is 1.68. The largest absolute Gasteiger partial charge is 0.396 e. The van der Waals surface area contributed by atoms with E-state index in [1.165, 1.54) is 4.90 Å². The number of thioether (sulfide) groups is 1. The molecule has 0 saturated carbocycles. The van der Waals surface area contributed by atoms with Crippen molar-refractivity contribution in [1.29, 1.82) is 0 Å². The van der Waals surface area contributed by atoms with E-state index in [-0.39, 0.29) is 17.8 Å². The Kier molecular flexibility index (Phi) is 5.88. The molecule has 0 fully saturated rings. The lowest BCUT2D eigenvalue weighted by molar-refractivity contribution is 0.0745. The predicted octanol–water partition coefficient (Wildman–Crippen LogP) is 2.55. The summed E-state index contributed by atoms with van der Waals surface area (Å²) in [5.74, 6) is -0.0684. The van der Waals surface area contributed by atoms with Gasteiger partial charge in [0.1, 0.15) is 0 Å².